The molecule has 0 aliphatic heterocycles. The maximum atomic E-state index is 13.9. The van der Waals surface area contributed by atoms with E-state index in [4.69, 9.17) is 19.6 Å². The number of rotatable bonds is 16. The number of benzene rings is 3. The van der Waals surface area contributed by atoms with E-state index in [1.807, 2.05) is 30.3 Å². The predicted molar refractivity (Wildman–Crippen MR) is 206 cm³/mol. The van der Waals surface area contributed by atoms with Gasteiger partial charge in [0.25, 0.3) is 0 Å². The zero-order chi connectivity index (χ0) is 39.2. The fourth-order valence-corrected chi connectivity index (χ4v) is 6.71. The fourth-order valence-electron chi connectivity index (χ4n) is 6.71. The van der Waals surface area contributed by atoms with Crippen LogP contribution in [0.5, 0.6) is 0 Å². The van der Waals surface area contributed by atoms with Crippen molar-refractivity contribution in [2.24, 2.45) is 17.6 Å². The molecule has 0 bridgehead atoms. The van der Waals surface area contributed by atoms with E-state index in [9.17, 15) is 28.8 Å². The van der Waals surface area contributed by atoms with Gasteiger partial charge in [-0.05, 0) is 79.5 Å². The van der Waals surface area contributed by atoms with Crippen LogP contribution in [0.3, 0.4) is 0 Å². The standard InChI is InChI=1S/C41H47N5O9/c1-26-21-36(48)55-35-23-32(18-19-33(26)35)45-40(51)53-25-28-14-16-31(17-15-28)44-38(49)30(13-8-20-43-39(42)50)22-34(47)37(29-11-6-3-7-12-29)46-41(52)54-24-27-9-4-2-5-10-27/h2,4-5,9-10,14-19,21,23,29-30,37H,3,6-8,11-13,20,22,24-25H2,1H3,(H,44,49)(H,45,51)(H,46,52)(H3,42,43,50)/t30-,37+/m1/s1. The number of Topliss-reactive ketones (excluding diaryl/α,β-unsaturated/α-hetero) is 1. The summed E-state index contributed by atoms with van der Waals surface area (Å²) >= 11 is 0. The molecule has 5 rings (SSSR count). The first-order valence-corrected chi connectivity index (χ1v) is 18.5. The highest BCUT2D eigenvalue weighted by Crippen LogP contribution is 2.29. The molecule has 55 heavy (non-hydrogen) atoms. The van der Waals surface area contributed by atoms with Gasteiger partial charge in [0.15, 0.2) is 5.78 Å². The second kappa shape index (κ2) is 19.8. The highest BCUT2D eigenvalue weighted by atomic mass is 16.6. The van der Waals surface area contributed by atoms with Crippen molar-refractivity contribution >= 4 is 52.3 Å². The second-order valence-electron chi connectivity index (χ2n) is 13.7. The van der Waals surface area contributed by atoms with Gasteiger partial charge < -0.3 is 35.6 Å². The quantitative estimate of drug-likeness (QED) is 0.0609. The van der Waals surface area contributed by atoms with Gasteiger partial charge in [-0.25, -0.2) is 19.2 Å². The first kappa shape index (κ1) is 40.0. The van der Waals surface area contributed by atoms with E-state index < -0.39 is 41.7 Å². The summed E-state index contributed by atoms with van der Waals surface area (Å²) in [5.74, 6) is -1.51. The third-order valence-electron chi connectivity index (χ3n) is 9.59. The molecule has 1 saturated carbocycles. The highest BCUT2D eigenvalue weighted by molar-refractivity contribution is 5.97. The van der Waals surface area contributed by atoms with E-state index in [1.54, 1.807) is 49.4 Å². The molecule has 0 saturated heterocycles. The van der Waals surface area contributed by atoms with E-state index in [-0.39, 0.29) is 44.3 Å². The maximum Gasteiger partial charge on any atom is 0.411 e. The van der Waals surface area contributed by atoms with Gasteiger partial charge >= 0.3 is 23.8 Å². The van der Waals surface area contributed by atoms with Crippen LogP contribution >= 0.6 is 0 Å². The number of urea groups is 1. The van der Waals surface area contributed by atoms with Crippen molar-refractivity contribution in [1.29, 1.82) is 0 Å². The maximum absolute atomic E-state index is 13.9. The van der Waals surface area contributed by atoms with Crippen LogP contribution in [-0.2, 0) is 32.3 Å². The number of fused-ring (bicyclic) bond motifs is 1. The second-order valence-corrected chi connectivity index (χ2v) is 13.7. The lowest BCUT2D eigenvalue weighted by Crippen LogP contribution is -2.47. The molecule has 4 aromatic rings. The average molecular weight is 754 g/mol. The predicted octanol–water partition coefficient (Wildman–Crippen LogP) is 6.69. The molecule has 0 radical (unpaired) electrons. The van der Waals surface area contributed by atoms with Gasteiger partial charge in [-0.2, -0.15) is 0 Å². The summed E-state index contributed by atoms with van der Waals surface area (Å²) in [6.07, 6.45) is 3.60. The number of hydrogen-bond donors (Lipinski definition) is 5. The smallest absolute Gasteiger partial charge is 0.411 e. The van der Waals surface area contributed by atoms with E-state index in [0.29, 0.717) is 28.9 Å². The monoisotopic (exact) mass is 753 g/mol. The molecule has 290 valence electrons. The van der Waals surface area contributed by atoms with Crippen LogP contribution in [0.25, 0.3) is 11.0 Å². The molecule has 5 amide bonds. The molecule has 1 fully saturated rings. The van der Waals surface area contributed by atoms with Gasteiger partial charge in [0.2, 0.25) is 5.91 Å². The largest absolute Gasteiger partial charge is 0.445 e. The lowest BCUT2D eigenvalue weighted by molar-refractivity contribution is -0.128. The minimum atomic E-state index is -0.815. The number of nitrogens with two attached hydrogens (primary N) is 1. The Labute approximate surface area is 318 Å². The summed E-state index contributed by atoms with van der Waals surface area (Å²) in [6, 6.07) is 20.8. The molecular formula is C41H47N5O9. The van der Waals surface area contributed by atoms with Gasteiger partial charge in [-0.3, -0.25) is 14.9 Å². The number of amides is 5. The van der Waals surface area contributed by atoms with Crippen molar-refractivity contribution in [3.63, 3.8) is 0 Å². The SMILES string of the molecule is Cc1cc(=O)oc2cc(NC(=O)OCc3ccc(NC(=O)[C@H](CCCNC(N)=O)CC(=O)[C@@H](NC(=O)OCc4ccccc4)C4CCCCC4)cc3)ccc12. The number of ketones is 1. The molecule has 6 N–H and O–H groups in total. The summed E-state index contributed by atoms with van der Waals surface area (Å²) in [6.45, 7) is 2.02. The molecule has 2 atom stereocenters. The topological polar surface area (TPSA) is 208 Å². The number of ether oxygens (including phenoxy) is 2. The van der Waals surface area contributed by atoms with Crippen LogP contribution in [0.15, 0.2) is 88.1 Å². The van der Waals surface area contributed by atoms with Gasteiger partial charge in [0, 0.05) is 47.8 Å². The number of alkyl carbamates (subject to hydrolysis) is 1. The number of anilines is 2. The van der Waals surface area contributed by atoms with E-state index in [1.165, 1.54) is 6.07 Å². The molecule has 3 aromatic carbocycles. The minimum absolute atomic E-state index is 0.0568. The molecule has 0 unspecified atom stereocenters. The Morgan fingerprint density at radius 1 is 0.818 bits per heavy atom. The molecule has 0 spiro atoms. The highest BCUT2D eigenvalue weighted by Gasteiger charge is 2.34. The van der Waals surface area contributed by atoms with Crippen LogP contribution < -0.4 is 32.6 Å². The fraction of sp³-hybridized carbons (Fsp3) is 0.366. The molecule has 14 heteroatoms. The summed E-state index contributed by atoms with van der Waals surface area (Å²) in [5, 5.41) is 11.6. The van der Waals surface area contributed by atoms with Crippen LogP contribution in [0.4, 0.5) is 25.8 Å². The van der Waals surface area contributed by atoms with Crippen LogP contribution in [-0.4, -0.2) is 42.5 Å². The van der Waals surface area contributed by atoms with Gasteiger partial charge in [0.05, 0.1) is 6.04 Å². The number of carbonyl (C=O) groups is 5. The number of aryl methyl sites for hydroxylation is 1. The van der Waals surface area contributed by atoms with Crippen molar-refractivity contribution in [2.75, 3.05) is 17.2 Å². The zero-order valence-electron chi connectivity index (χ0n) is 30.8. The van der Waals surface area contributed by atoms with Crippen LogP contribution in [0, 0.1) is 18.8 Å². The van der Waals surface area contributed by atoms with Crippen molar-refractivity contribution < 1.29 is 37.9 Å². The van der Waals surface area contributed by atoms with Crippen LogP contribution in [0.2, 0.25) is 0 Å². The minimum Gasteiger partial charge on any atom is -0.445 e. The molecule has 1 heterocycles. The normalized spacial score (nSPS) is 13.9. The third kappa shape index (κ3) is 12.4. The van der Waals surface area contributed by atoms with Gasteiger partial charge in [0.1, 0.15) is 18.8 Å². The Balaban J connectivity index is 1.18. The number of carbonyl (C=O) groups excluding carboxylic acids is 5. The number of hydrogen-bond acceptors (Lipinski definition) is 9. The molecule has 1 aliphatic rings. The lowest BCUT2D eigenvalue weighted by Gasteiger charge is -2.30. The first-order valence-electron chi connectivity index (χ1n) is 18.5. The van der Waals surface area contributed by atoms with E-state index >= 15 is 0 Å². The van der Waals surface area contributed by atoms with Gasteiger partial charge in [-0.1, -0.05) is 61.7 Å². The average Bonchev–Trinajstić information content (AvgIpc) is 3.17. The summed E-state index contributed by atoms with van der Waals surface area (Å²) in [4.78, 5) is 76.0. The Hall–Kier alpha value is -6.18. The first-order chi connectivity index (χ1) is 26.5. The molecule has 14 nitrogen and oxygen atoms in total. The summed E-state index contributed by atoms with van der Waals surface area (Å²) < 4.78 is 16.0. The molecule has 1 aliphatic carbocycles. The van der Waals surface area contributed by atoms with E-state index in [2.05, 4.69) is 21.3 Å². The van der Waals surface area contributed by atoms with Crippen molar-refractivity contribution in [1.82, 2.24) is 10.6 Å². The number of primary amides is 1. The number of nitrogens with one attached hydrogen (secondary N) is 4. The van der Waals surface area contributed by atoms with Crippen molar-refractivity contribution in [3.05, 3.63) is 106 Å². The van der Waals surface area contributed by atoms with Crippen molar-refractivity contribution in [3.8, 4) is 0 Å². The lowest BCUT2D eigenvalue weighted by atomic mass is 9.80. The van der Waals surface area contributed by atoms with E-state index in [0.717, 1.165) is 48.6 Å². The summed E-state index contributed by atoms with van der Waals surface area (Å²) in [5.41, 5.74) is 8.16. The Morgan fingerprint density at radius 2 is 1.49 bits per heavy atom. The Bertz CT molecular complexity index is 2010. The summed E-state index contributed by atoms with van der Waals surface area (Å²) in [7, 11) is 0. The van der Waals surface area contributed by atoms with Crippen molar-refractivity contribution in [2.45, 2.75) is 77.5 Å². The van der Waals surface area contributed by atoms with Gasteiger partial charge in [-0.15, -0.1) is 0 Å². The molecular weight excluding hydrogens is 706 g/mol. The Morgan fingerprint density at radius 3 is 2.20 bits per heavy atom. The third-order valence-corrected chi connectivity index (χ3v) is 9.59. The zero-order valence-corrected chi connectivity index (χ0v) is 30.8. The Kier molecular flexibility index (Phi) is 14.4. The molecule has 1 aromatic heterocycles. The van der Waals surface area contributed by atoms with Crippen LogP contribution in [0.1, 0.15) is 68.1 Å².